The lowest BCUT2D eigenvalue weighted by Gasteiger charge is -2.03. The third kappa shape index (κ3) is 12.8. The Hall–Kier alpha value is -3.09. The summed E-state index contributed by atoms with van der Waals surface area (Å²) in [5, 5.41) is 7.74. The first-order valence-corrected chi connectivity index (χ1v) is 12.5. The van der Waals surface area contributed by atoms with Crippen LogP contribution < -0.4 is 20.1 Å². The van der Waals surface area contributed by atoms with Crippen LogP contribution in [0.4, 0.5) is 0 Å². The number of hydrogen-bond acceptors (Lipinski definition) is 7. The third-order valence-electron chi connectivity index (χ3n) is 5.08. The van der Waals surface area contributed by atoms with Gasteiger partial charge >= 0.3 is 0 Å². The van der Waals surface area contributed by atoms with Gasteiger partial charge < -0.3 is 20.1 Å². The van der Waals surface area contributed by atoms with E-state index in [2.05, 4.69) is 44.7 Å². The zero-order valence-electron chi connectivity index (χ0n) is 20.6. The number of fused-ring (bicyclic) bond motifs is 1. The molecule has 190 valence electrons. The van der Waals surface area contributed by atoms with E-state index in [-0.39, 0.29) is 5.91 Å². The van der Waals surface area contributed by atoms with E-state index in [1.165, 1.54) is 31.1 Å². The van der Waals surface area contributed by atoms with E-state index in [1.807, 2.05) is 37.4 Å². The number of unbranched alkanes of at least 4 members (excludes halogenated alkanes) is 1. The van der Waals surface area contributed by atoms with Crippen LogP contribution in [-0.4, -0.2) is 54.3 Å². The topological polar surface area (TPSA) is 105 Å². The van der Waals surface area contributed by atoms with Gasteiger partial charge in [-0.2, -0.15) is 0 Å². The molecule has 1 unspecified atom stereocenters. The van der Waals surface area contributed by atoms with Gasteiger partial charge in [0.2, 0.25) is 18.2 Å². The number of rotatable bonds is 11. The number of methoxy groups -OCH3 is 1. The Kier molecular flexibility index (Phi) is 15.6. The number of terminal acetylenes is 1. The highest BCUT2D eigenvalue weighted by Gasteiger charge is 2.35. The SMILES string of the molecule is C#C.C=C[C@@H]1CC1NC(=O)CCCCNC.COc1ncnc2ccccc12.O=CNSC1CC1. The molecule has 0 aliphatic heterocycles. The second-order valence-electron chi connectivity index (χ2n) is 7.82. The lowest BCUT2D eigenvalue weighted by Crippen LogP contribution is -2.26. The molecule has 8 nitrogen and oxygen atoms in total. The molecule has 1 heterocycles. The van der Waals surface area contributed by atoms with Gasteiger partial charge in [-0.25, -0.2) is 9.97 Å². The normalized spacial score (nSPS) is 17.0. The fraction of sp³-hybridized carbons (Fsp3) is 0.462. The Labute approximate surface area is 213 Å². The van der Waals surface area contributed by atoms with Gasteiger partial charge in [0.15, 0.2) is 0 Å². The summed E-state index contributed by atoms with van der Waals surface area (Å²) in [6, 6.07) is 8.13. The highest BCUT2D eigenvalue weighted by molar-refractivity contribution is 7.98. The number of carbonyl (C=O) groups is 2. The smallest absolute Gasteiger partial charge is 0.224 e. The van der Waals surface area contributed by atoms with Crippen LogP contribution in [0.1, 0.15) is 38.5 Å². The molecule has 2 aliphatic rings. The van der Waals surface area contributed by atoms with Gasteiger partial charge in [-0.3, -0.25) is 9.59 Å². The van der Waals surface area contributed by atoms with Crippen molar-refractivity contribution in [1.82, 2.24) is 25.3 Å². The van der Waals surface area contributed by atoms with Gasteiger partial charge in [0, 0.05) is 17.7 Å². The van der Waals surface area contributed by atoms with Crippen molar-refractivity contribution in [1.29, 1.82) is 0 Å². The molecule has 2 atom stereocenters. The summed E-state index contributed by atoms with van der Waals surface area (Å²) in [4.78, 5) is 29.0. The van der Waals surface area contributed by atoms with Crippen molar-refractivity contribution in [2.75, 3.05) is 20.7 Å². The summed E-state index contributed by atoms with van der Waals surface area (Å²) in [5.74, 6) is 1.34. The molecule has 35 heavy (non-hydrogen) atoms. The minimum absolute atomic E-state index is 0.190. The van der Waals surface area contributed by atoms with Gasteiger partial charge in [0.25, 0.3) is 0 Å². The maximum Gasteiger partial charge on any atom is 0.224 e. The van der Waals surface area contributed by atoms with Crippen molar-refractivity contribution in [3.8, 4) is 18.7 Å². The zero-order valence-corrected chi connectivity index (χ0v) is 21.4. The fourth-order valence-electron chi connectivity index (χ4n) is 2.96. The molecule has 3 N–H and O–H groups in total. The molecule has 2 fully saturated rings. The number of carbonyl (C=O) groups excluding carboxylic acids is 2. The van der Waals surface area contributed by atoms with Gasteiger partial charge in [-0.1, -0.05) is 18.2 Å². The maximum absolute atomic E-state index is 11.4. The first-order valence-electron chi connectivity index (χ1n) is 11.6. The number of nitrogens with one attached hydrogen (secondary N) is 3. The quantitative estimate of drug-likeness (QED) is 0.143. The number of para-hydroxylation sites is 1. The van der Waals surface area contributed by atoms with Crippen molar-refractivity contribution < 1.29 is 14.3 Å². The molecule has 4 rings (SSSR count). The summed E-state index contributed by atoms with van der Waals surface area (Å²) < 4.78 is 7.62. The van der Waals surface area contributed by atoms with Crippen LogP contribution in [0.15, 0.2) is 43.2 Å². The molecule has 2 saturated carbocycles. The predicted octanol–water partition coefficient (Wildman–Crippen LogP) is 3.50. The van der Waals surface area contributed by atoms with E-state index in [9.17, 15) is 9.59 Å². The first kappa shape index (κ1) is 29.9. The molecule has 2 amide bonds. The highest BCUT2D eigenvalue weighted by atomic mass is 32.2. The molecule has 2 aromatic rings. The second kappa shape index (κ2) is 18.3. The maximum atomic E-state index is 11.4. The van der Waals surface area contributed by atoms with Crippen LogP contribution in [0.3, 0.4) is 0 Å². The van der Waals surface area contributed by atoms with Crippen molar-refractivity contribution in [2.24, 2.45) is 5.92 Å². The number of nitrogens with zero attached hydrogens (tertiary/aromatic N) is 2. The summed E-state index contributed by atoms with van der Waals surface area (Å²) in [7, 11) is 3.54. The summed E-state index contributed by atoms with van der Waals surface area (Å²) >= 11 is 1.52. The summed E-state index contributed by atoms with van der Waals surface area (Å²) in [6.45, 7) is 4.70. The van der Waals surface area contributed by atoms with E-state index in [1.54, 1.807) is 7.11 Å². The minimum Gasteiger partial charge on any atom is -0.480 e. The van der Waals surface area contributed by atoms with Crippen LogP contribution >= 0.6 is 11.9 Å². The van der Waals surface area contributed by atoms with Crippen LogP contribution in [0.5, 0.6) is 5.88 Å². The lowest BCUT2D eigenvalue weighted by atomic mass is 10.2. The van der Waals surface area contributed by atoms with E-state index in [0.717, 1.165) is 48.4 Å². The fourth-order valence-corrected chi connectivity index (χ4v) is 3.58. The first-order chi connectivity index (χ1) is 17.1. The largest absolute Gasteiger partial charge is 0.480 e. The molecule has 1 aromatic heterocycles. The number of ether oxygens (including phenoxy) is 1. The zero-order chi connectivity index (χ0) is 25.9. The van der Waals surface area contributed by atoms with Gasteiger partial charge in [-0.15, -0.1) is 19.4 Å². The molecule has 9 heteroatoms. The van der Waals surface area contributed by atoms with E-state index in [0.29, 0.717) is 24.3 Å². The van der Waals surface area contributed by atoms with Crippen molar-refractivity contribution >= 4 is 35.2 Å². The summed E-state index contributed by atoms with van der Waals surface area (Å²) in [6.07, 6.45) is 18.5. The van der Waals surface area contributed by atoms with E-state index in [4.69, 9.17) is 4.74 Å². The molecule has 0 bridgehead atoms. The standard InChI is InChI=1S/C11H20N2O.C9H8N2O.C4H7NOS.C2H2/c1-3-9-8-10(9)13-11(14)6-4-5-7-12-2;1-12-9-7-4-2-3-5-8(7)10-6-11-9;6-3-5-7-4-1-2-4;1-2/h3,9-10,12H,1,4-8H2,2H3,(H,13,14);2-6H,1H3;3-4H,1-2H2,(H,5,6);1-2H/t9-,10?;;;/m1.../s1. The van der Waals surface area contributed by atoms with Gasteiger partial charge in [0.1, 0.15) is 6.33 Å². The summed E-state index contributed by atoms with van der Waals surface area (Å²) in [5.41, 5.74) is 0.907. The minimum atomic E-state index is 0.190. The van der Waals surface area contributed by atoms with Crippen LogP contribution in [0, 0.1) is 18.8 Å². The molecule has 0 spiro atoms. The number of amides is 2. The molecular weight excluding hydrogens is 462 g/mol. The number of hydrogen-bond donors (Lipinski definition) is 3. The van der Waals surface area contributed by atoms with Gasteiger partial charge in [-0.05, 0) is 75.7 Å². The molecule has 0 saturated heterocycles. The number of aromatic nitrogens is 2. The molecular formula is C26H37N5O3S. The predicted molar refractivity (Wildman–Crippen MR) is 144 cm³/mol. The van der Waals surface area contributed by atoms with Gasteiger partial charge in [0.05, 0.1) is 18.0 Å². The van der Waals surface area contributed by atoms with E-state index >= 15 is 0 Å². The van der Waals surface area contributed by atoms with Crippen molar-refractivity contribution in [3.05, 3.63) is 43.2 Å². The van der Waals surface area contributed by atoms with Crippen LogP contribution in [0.2, 0.25) is 0 Å². The Bertz CT molecular complexity index is 915. The third-order valence-corrected chi connectivity index (χ3v) is 6.11. The molecule has 1 aromatic carbocycles. The monoisotopic (exact) mass is 499 g/mol. The average Bonchev–Trinajstić information content (AvgIpc) is 3.84. The highest BCUT2D eigenvalue weighted by Crippen LogP contribution is 2.31. The van der Waals surface area contributed by atoms with Crippen molar-refractivity contribution in [2.45, 2.75) is 49.8 Å². The Morgan fingerprint density at radius 1 is 1.26 bits per heavy atom. The van der Waals surface area contributed by atoms with Crippen LogP contribution in [0.25, 0.3) is 10.9 Å². The Morgan fingerprint density at radius 3 is 2.60 bits per heavy atom. The average molecular weight is 500 g/mol. The Balaban J connectivity index is 0.000000265. The van der Waals surface area contributed by atoms with Crippen LogP contribution in [-0.2, 0) is 9.59 Å². The molecule has 2 aliphatic carbocycles. The van der Waals surface area contributed by atoms with E-state index < -0.39 is 0 Å². The second-order valence-corrected chi connectivity index (χ2v) is 8.96. The lowest BCUT2D eigenvalue weighted by molar-refractivity contribution is -0.121. The number of benzene rings is 1. The molecule has 0 radical (unpaired) electrons. The van der Waals surface area contributed by atoms with Crippen molar-refractivity contribution in [3.63, 3.8) is 0 Å². The Morgan fingerprint density at radius 2 is 2.00 bits per heavy atom.